The van der Waals surface area contributed by atoms with Crippen molar-refractivity contribution in [1.82, 2.24) is 0 Å². The molecule has 1 atom stereocenters. The van der Waals surface area contributed by atoms with Crippen LogP contribution in [0.3, 0.4) is 0 Å². The van der Waals surface area contributed by atoms with Gasteiger partial charge in [-0.15, -0.1) is 11.3 Å². The van der Waals surface area contributed by atoms with Gasteiger partial charge in [-0.25, -0.2) is 0 Å². The Balaban J connectivity index is 1.36. The van der Waals surface area contributed by atoms with E-state index in [2.05, 4.69) is 11.4 Å². The number of hydrogen-bond acceptors (Lipinski definition) is 2. The maximum absolute atomic E-state index is 8.11. The van der Waals surface area contributed by atoms with E-state index in [9.17, 15) is 0 Å². The number of rotatable bonds is 5. The lowest BCUT2D eigenvalue weighted by atomic mass is 9.38. The highest BCUT2D eigenvalue weighted by Crippen LogP contribution is 2.74. The Labute approximate surface area is 182 Å². The first-order valence-electron chi connectivity index (χ1n) is 13.2. The van der Waals surface area contributed by atoms with Gasteiger partial charge in [-0.2, -0.15) is 0 Å². The van der Waals surface area contributed by atoms with Crippen LogP contribution in [0.4, 0.5) is 0 Å². The Hall–Kier alpha value is -0.500. The lowest BCUT2D eigenvalue weighted by molar-refractivity contribution is -0.143. The van der Waals surface area contributed by atoms with Crippen LogP contribution in [0.5, 0.6) is 5.75 Å². The largest absolute Gasteiger partial charge is 0.493 e. The summed E-state index contributed by atoms with van der Waals surface area (Å²) in [5.74, 6) is 7.83. The van der Waals surface area contributed by atoms with Gasteiger partial charge in [0.05, 0.1) is 12.8 Å². The van der Waals surface area contributed by atoms with E-state index in [1.54, 1.807) is 4.88 Å². The van der Waals surface area contributed by atoms with Crippen molar-refractivity contribution in [2.24, 2.45) is 46.3 Å². The maximum Gasteiger partial charge on any atom is 0.133 e. The minimum atomic E-state index is -0.466. The molecule has 8 fully saturated rings. The first-order chi connectivity index (χ1) is 14.5. The van der Waals surface area contributed by atoms with Gasteiger partial charge in [-0.05, 0) is 142 Å². The summed E-state index contributed by atoms with van der Waals surface area (Å²) < 4.78 is 14.3. The molecular formula is C27H38OS. The molecular weight excluding hydrogens is 372 g/mol. The van der Waals surface area contributed by atoms with Gasteiger partial charge in [0, 0.05) is 5.92 Å². The highest BCUT2D eigenvalue weighted by atomic mass is 32.1. The van der Waals surface area contributed by atoms with E-state index in [0.717, 1.165) is 41.3 Å². The summed E-state index contributed by atoms with van der Waals surface area (Å²) in [7, 11) is 0. The molecule has 158 valence electrons. The topological polar surface area (TPSA) is 9.23 Å². The van der Waals surface area contributed by atoms with Gasteiger partial charge in [0.15, 0.2) is 0 Å². The van der Waals surface area contributed by atoms with Crippen LogP contribution in [0.1, 0.15) is 96.1 Å². The Kier molecular flexibility index (Phi) is 3.70. The van der Waals surface area contributed by atoms with Crippen LogP contribution in [0.2, 0.25) is 0 Å². The average Bonchev–Trinajstić information content (AvgIpc) is 3.05. The number of ether oxygens (including phenoxy) is 1. The maximum atomic E-state index is 8.11. The van der Waals surface area contributed by atoms with Crippen molar-refractivity contribution in [3.05, 3.63) is 16.3 Å². The van der Waals surface area contributed by atoms with Crippen molar-refractivity contribution in [3.8, 4) is 5.75 Å². The fraction of sp³-hybridized carbons (Fsp3) is 0.852. The van der Waals surface area contributed by atoms with Crippen molar-refractivity contribution < 1.29 is 6.11 Å². The van der Waals surface area contributed by atoms with Gasteiger partial charge < -0.3 is 4.74 Å². The molecule has 0 amide bonds. The molecule has 1 aromatic rings. The Bertz CT molecular complexity index is 710. The summed E-state index contributed by atoms with van der Waals surface area (Å²) in [6.45, 7) is 1.41. The van der Waals surface area contributed by atoms with Gasteiger partial charge in [0.1, 0.15) is 5.75 Å². The van der Waals surface area contributed by atoms with E-state index in [1.165, 1.54) is 77.0 Å². The molecule has 0 aliphatic heterocycles. The second kappa shape index (κ2) is 6.27. The molecule has 1 nitrogen and oxygen atoms in total. The SMILES string of the molecule is [2H]C(C)Oc1ccsc1C(C12CC3CC(CC(C3)C1)C2)C12CC3CC(CC(C3)C1)C2. The standard InChI is InChI=1S/C27H38OS/c1-2-28-23-3-4-29-24(23)25(26-11-17-5-18(12-26)7-19(6-17)13-26)27-14-20-8-21(15-27)10-22(9-20)16-27/h3-4,17-22,25H,2,5-16H2,1H3/i2D. The molecule has 1 heterocycles. The van der Waals surface area contributed by atoms with Crippen molar-refractivity contribution in [3.63, 3.8) is 0 Å². The molecule has 0 aromatic carbocycles. The van der Waals surface area contributed by atoms with Crippen LogP contribution < -0.4 is 4.74 Å². The molecule has 8 saturated carbocycles. The van der Waals surface area contributed by atoms with E-state index < -0.39 is 6.58 Å². The zero-order valence-corrected chi connectivity index (χ0v) is 18.9. The molecule has 1 aromatic heterocycles. The fourth-order valence-electron chi connectivity index (χ4n) is 11.0. The lowest BCUT2D eigenvalue weighted by Gasteiger charge is -2.67. The monoisotopic (exact) mass is 411 g/mol. The Morgan fingerprint density at radius 1 is 0.862 bits per heavy atom. The Morgan fingerprint density at radius 2 is 1.28 bits per heavy atom. The van der Waals surface area contributed by atoms with E-state index in [-0.39, 0.29) is 0 Å². The summed E-state index contributed by atoms with van der Waals surface area (Å²) in [6.07, 6.45) is 18.2. The van der Waals surface area contributed by atoms with Gasteiger partial charge in [-0.1, -0.05) is 0 Å². The van der Waals surface area contributed by atoms with Crippen LogP contribution in [0, 0.1) is 46.3 Å². The molecule has 8 aliphatic rings. The van der Waals surface area contributed by atoms with Crippen molar-refractivity contribution in [2.45, 2.75) is 89.9 Å². The van der Waals surface area contributed by atoms with E-state index in [1.807, 2.05) is 18.3 Å². The van der Waals surface area contributed by atoms with Crippen molar-refractivity contribution >= 4 is 11.3 Å². The third-order valence-corrected chi connectivity index (χ3v) is 11.5. The summed E-state index contributed by atoms with van der Waals surface area (Å²) in [5, 5.41) is 2.28. The quantitative estimate of drug-likeness (QED) is 0.483. The summed E-state index contributed by atoms with van der Waals surface area (Å²) >= 11 is 1.99. The van der Waals surface area contributed by atoms with Crippen LogP contribution >= 0.6 is 11.3 Å². The molecule has 0 radical (unpaired) electrons. The van der Waals surface area contributed by atoms with Gasteiger partial charge >= 0.3 is 0 Å². The first kappa shape index (κ1) is 17.1. The number of thiophene rings is 1. The molecule has 1 unspecified atom stereocenters. The highest BCUT2D eigenvalue weighted by molar-refractivity contribution is 7.10. The second-order valence-corrected chi connectivity index (χ2v) is 13.4. The molecule has 9 rings (SSSR count). The highest BCUT2D eigenvalue weighted by Gasteiger charge is 2.63. The summed E-state index contributed by atoms with van der Waals surface area (Å²) in [5.41, 5.74) is 1.07. The zero-order valence-electron chi connectivity index (χ0n) is 19.1. The van der Waals surface area contributed by atoms with E-state index >= 15 is 0 Å². The summed E-state index contributed by atoms with van der Waals surface area (Å²) in [6, 6.07) is 2.21. The predicted molar refractivity (Wildman–Crippen MR) is 119 cm³/mol. The minimum absolute atomic E-state index is 0.466. The molecule has 0 N–H and O–H groups in total. The van der Waals surface area contributed by atoms with Crippen LogP contribution in [0.15, 0.2) is 11.4 Å². The zero-order chi connectivity index (χ0) is 20.1. The molecule has 0 saturated heterocycles. The van der Waals surface area contributed by atoms with Gasteiger partial charge in [0.2, 0.25) is 0 Å². The minimum Gasteiger partial charge on any atom is -0.493 e. The average molecular weight is 412 g/mol. The molecule has 0 spiro atoms. The smallest absolute Gasteiger partial charge is 0.133 e. The molecule has 8 aliphatic carbocycles. The molecule has 2 heteroatoms. The van der Waals surface area contributed by atoms with Gasteiger partial charge in [0.25, 0.3) is 0 Å². The van der Waals surface area contributed by atoms with E-state index in [4.69, 9.17) is 6.11 Å². The third-order valence-electron chi connectivity index (χ3n) is 10.6. The third kappa shape index (κ3) is 2.63. The van der Waals surface area contributed by atoms with E-state index in [0.29, 0.717) is 16.7 Å². The first-order valence-corrected chi connectivity index (χ1v) is 13.5. The van der Waals surface area contributed by atoms with Crippen molar-refractivity contribution in [2.75, 3.05) is 6.58 Å². The van der Waals surface area contributed by atoms with Crippen LogP contribution in [0.25, 0.3) is 0 Å². The number of hydrogen-bond donors (Lipinski definition) is 0. The summed E-state index contributed by atoms with van der Waals surface area (Å²) in [4.78, 5) is 1.57. The fourth-order valence-corrected chi connectivity index (χ4v) is 12.2. The van der Waals surface area contributed by atoms with Crippen molar-refractivity contribution in [1.29, 1.82) is 0 Å². The Morgan fingerprint density at radius 3 is 1.66 bits per heavy atom. The second-order valence-electron chi connectivity index (χ2n) is 12.5. The molecule has 29 heavy (non-hydrogen) atoms. The van der Waals surface area contributed by atoms with Gasteiger partial charge in [-0.3, -0.25) is 0 Å². The van der Waals surface area contributed by atoms with Crippen LogP contribution in [-0.4, -0.2) is 6.58 Å². The lowest BCUT2D eigenvalue weighted by Crippen LogP contribution is -2.57. The predicted octanol–water partition coefficient (Wildman–Crippen LogP) is 7.66. The van der Waals surface area contributed by atoms with Crippen LogP contribution in [-0.2, 0) is 0 Å². The molecule has 8 bridgehead atoms. The normalized spacial score (nSPS) is 51.8.